The second-order valence-corrected chi connectivity index (χ2v) is 4.68. The number of aryl methyl sites for hydroxylation is 2. The molecule has 1 aromatic heterocycles. The molecule has 0 aliphatic carbocycles. The first-order chi connectivity index (χ1) is 7.83. The van der Waals surface area contributed by atoms with E-state index in [0.29, 0.717) is 0 Å². The summed E-state index contributed by atoms with van der Waals surface area (Å²) in [5.41, 5.74) is 2.58. The van der Waals surface area contributed by atoms with Crippen LogP contribution >= 0.6 is 0 Å². The van der Waals surface area contributed by atoms with Gasteiger partial charge in [-0.25, -0.2) is 0 Å². The third-order valence-corrected chi connectivity index (χ3v) is 3.03. The fourth-order valence-corrected chi connectivity index (χ4v) is 2.05. The Labute approximate surface area is 100 Å². The number of hydrogen-bond donors (Lipinski definition) is 0. The van der Waals surface area contributed by atoms with Crippen LogP contribution in [0.3, 0.4) is 0 Å². The Morgan fingerprint density at radius 2 is 1.69 bits per heavy atom. The summed E-state index contributed by atoms with van der Waals surface area (Å²) in [6, 6.07) is 4.35. The monoisotopic (exact) mass is 219 g/mol. The maximum absolute atomic E-state index is 4.22. The highest BCUT2D eigenvalue weighted by Crippen LogP contribution is 2.10. The third kappa shape index (κ3) is 5.89. The molecule has 90 valence electrons. The quantitative estimate of drug-likeness (QED) is 0.578. The van der Waals surface area contributed by atoms with Gasteiger partial charge in [-0.3, -0.25) is 4.98 Å². The number of unbranched alkanes of at least 4 members (excludes halogenated alkanes) is 6. The molecule has 1 heterocycles. The van der Waals surface area contributed by atoms with Gasteiger partial charge in [0.25, 0.3) is 0 Å². The molecule has 0 unspecified atom stereocenters. The summed E-state index contributed by atoms with van der Waals surface area (Å²) < 4.78 is 0. The van der Waals surface area contributed by atoms with Crippen LogP contribution in [0.2, 0.25) is 0 Å². The van der Waals surface area contributed by atoms with Crippen LogP contribution in [0.15, 0.2) is 18.3 Å². The van der Waals surface area contributed by atoms with E-state index in [1.807, 2.05) is 6.20 Å². The van der Waals surface area contributed by atoms with Crippen LogP contribution in [0, 0.1) is 6.92 Å². The van der Waals surface area contributed by atoms with Crippen LogP contribution in [0.4, 0.5) is 0 Å². The fraction of sp³-hybridized carbons (Fsp3) is 0.667. The second-order valence-electron chi connectivity index (χ2n) is 4.68. The molecule has 0 atom stereocenters. The standard InChI is InChI=1S/C15H25N/c1-3-4-5-6-7-8-9-10-15-11-12-16-14(2)13-15/h11-13H,3-10H2,1-2H3. The van der Waals surface area contributed by atoms with Crippen LogP contribution in [0.25, 0.3) is 0 Å². The van der Waals surface area contributed by atoms with Crippen molar-refractivity contribution in [2.75, 3.05) is 0 Å². The Kier molecular flexibility index (Phi) is 6.87. The molecule has 0 saturated carbocycles. The zero-order chi connectivity index (χ0) is 11.6. The van der Waals surface area contributed by atoms with Crippen LogP contribution in [-0.4, -0.2) is 4.98 Å². The first-order valence-corrected chi connectivity index (χ1v) is 6.74. The first-order valence-electron chi connectivity index (χ1n) is 6.74. The van der Waals surface area contributed by atoms with E-state index >= 15 is 0 Å². The Morgan fingerprint density at radius 1 is 1.00 bits per heavy atom. The Balaban J connectivity index is 2.03. The molecule has 1 aromatic rings. The summed E-state index contributed by atoms with van der Waals surface area (Å²) in [7, 11) is 0. The maximum Gasteiger partial charge on any atom is 0.0375 e. The molecule has 16 heavy (non-hydrogen) atoms. The summed E-state index contributed by atoms with van der Waals surface area (Å²) in [6.07, 6.45) is 12.8. The summed E-state index contributed by atoms with van der Waals surface area (Å²) >= 11 is 0. The lowest BCUT2D eigenvalue weighted by molar-refractivity contribution is 0.589. The molecule has 0 N–H and O–H groups in total. The molecule has 1 nitrogen and oxygen atoms in total. The molecule has 0 bridgehead atoms. The van der Waals surface area contributed by atoms with Crippen molar-refractivity contribution in [3.8, 4) is 0 Å². The average molecular weight is 219 g/mol. The number of rotatable bonds is 8. The van der Waals surface area contributed by atoms with Crippen molar-refractivity contribution in [2.45, 2.75) is 65.2 Å². The zero-order valence-electron chi connectivity index (χ0n) is 10.8. The Morgan fingerprint density at radius 3 is 2.38 bits per heavy atom. The average Bonchev–Trinajstić information content (AvgIpc) is 2.28. The highest BCUT2D eigenvalue weighted by Gasteiger charge is 1.95. The molecule has 0 saturated heterocycles. The Bertz CT molecular complexity index is 281. The van der Waals surface area contributed by atoms with Gasteiger partial charge in [-0.05, 0) is 37.5 Å². The zero-order valence-corrected chi connectivity index (χ0v) is 10.8. The van der Waals surface area contributed by atoms with E-state index in [2.05, 4.69) is 31.0 Å². The topological polar surface area (TPSA) is 12.9 Å². The molecular formula is C15H25N. The highest BCUT2D eigenvalue weighted by molar-refractivity contribution is 5.15. The van der Waals surface area contributed by atoms with Crippen LogP contribution in [0.1, 0.15) is 63.1 Å². The van der Waals surface area contributed by atoms with Gasteiger partial charge in [0.05, 0.1) is 0 Å². The summed E-state index contributed by atoms with van der Waals surface area (Å²) in [6.45, 7) is 4.33. The predicted molar refractivity (Wildman–Crippen MR) is 70.7 cm³/mol. The van der Waals surface area contributed by atoms with Gasteiger partial charge in [-0.1, -0.05) is 45.4 Å². The minimum atomic E-state index is 1.14. The van der Waals surface area contributed by atoms with E-state index < -0.39 is 0 Å². The van der Waals surface area contributed by atoms with E-state index in [0.717, 1.165) is 5.69 Å². The highest BCUT2D eigenvalue weighted by atomic mass is 14.6. The number of aromatic nitrogens is 1. The fourth-order valence-electron chi connectivity index (χ4n) is 2.05. The van der Waals surface area contributed by atoms with Crippen molar-refractivity contribution in [3.63, 3.8) is 0 Å². The summed E-state index contributed by atoms with van der Waals surface area (Å²) in [5, 5.41) is 0. The van der Waals surface area contributed by atoms with Gasteiger partial charge >= 0.3 is 0 Å². The lowest BCUT2D eigenvalue weighted by Crippen LogP contribution is -1.89. The van der Waals surface area contributed by atoms with E-state index in [-0.39, 0.29) is 0 Å². The molecule has 0 aliphatic heterocycles. The molecule has 0 aliphatic rings. The van der Waals surface area contributed by atoms with Gasteiger partial charge in [-0.15, -0.1) is 0 Å². The lowest BCUT2D eigenvalue weighted by Gasteiger charge is -2.02. The van der Waals surface area contributed by atoms with Gasteiger partial charge in [0, 0.05) is 11.9 Å². The van der Waals surface area contributed by atoms with E-state index in [9.17, 15) is 0 Å². The Hall–Kier alpha value is -0.850. The van der Waals surface area contributed by atoms with Crippen molar-refractivity contribution in [1.29, 1.82) is 0 Å². The van der Waals surface area contributed by atoms with Crippen LogP contribution in [-0.2, 0) is 6.42 Å². The van der Waals surface area contributed by atoms with Crippen LogP contribution < -0.4 is 0 Å². The molecule has 0 aromatic carbocycles. The predicted octanol–water partition coefficient (Wildman–Crippen LogP) is 4.68. The van der Waals surface area contributed by atoms with Crippen molar-refractivity contribution in [2.24, 2.45) is 0 Å². The summed E-state index contributed by atoms with van der Waals surface area (Å²) in [5.74, 6) is 0. The molecule has 0 fully saturated rings. The number of hydrogen-bond acceptors (Lipinski definition) is 1. The largest absolute Gasteiger partial charge is 0.262 e. The third-order valence-electron chi connectivity index (χ3n) is 3.03. The SMILES string of the molecule is CCCCCCCCCc1ccnc(C)c1. The van der Waals surface area contributed by atoms with Gasteiger partial charge < -0.3 is 0 Å². The van der Waals surface area contributed by atoms with Gasteiger partial charge in [0.1, 0.15) is 0 Å². The van der Waals surface area contributed by atoms with Gasteiger partial charge in [0.15, 0.2) is 0 Å². The van der Waals surface area contributed by atoms with Crippen molar-refractivity contribution in [3.05, 3.63) is 29.6 Å². The molecule has 0 amide bonds. The normalized spacial score (nSPS) is 10.6. The van der Waals surface area contributed by atoms with Gasteiger partial charge in [-0.2, -0.15) is 0 Å². The lowest BCUT2D eigenvalue weighted by atomic mass is 10.0. The van der Waals surface area contributed by atoms with Crippen molar-refractivity contribution < 1.29 is 0 Å². The number of pyridine rings is 1. The molecular weight excluding hydrogens is 194 g/mol. The number of nitrogens with zero attached hydrogens (tertiary/aromatic N) is 1. The van der Waals surface area contributed by atoms with Crippen molar-refractivity contribution >= 4 is 0 Å². The van der Waals surface area contributed by atoms with E-state index in [1.54, 1.807) is 0 Å². The maximum atomic E-state index is 4.22. The minimum Gasteiger partial charge on any atom is -0.262 e. The summed E-state index contributed by atoms with van der Waals surface area (Å²) in [4.78, 5) is 4.22. The molecule has 1 rings (SSSR count). The van der Waals surface area contributed by atoms with E-state index in [1.165, 1.54) is 56.9 Å². The van der Waals surface area contributed by atoms with E-state index in [4.69, 9.17) is 0 Å². The molecule has 1 heteroatoms. The smallest absolute Gasteiger partial charge is 0.0375 e. The van der Waals surface area contributed by atoms with Crippen molar-refractivity contribution in [1.82, 2.24) is 4.98 Å². The first kappa shape index (κ1) is 13.2. The van der Waals surface area contributed by atoms with Crippen LogP contribution in [0.5, 0.6) is 0 Å². The minimum absolute atomic E-state index is 1.14. The molecule has 0 spiro atoms. The van der Waals surface area contributed by atoms with Gasteiger partial charge in [0.2, 0.25) is 0 Å². The second kappa shape index (κ2) is 8.32. The molecule has 0 radical (unpaired) electrons.